The Bertz CT molecular complexity index is 729. The van der Waals surface area contributed by atoms with Crippen molar-refractivity contribution in [2.45, 2.75) is 52.1 Å². The highest BCUT2D eigenvalue weighted by atomic mass is 35.5. The highest BCUT2D eigenvalue weighted by Crippen LogP contribution is 2.18. The fraction of sp³-hybridized carbons (Fsp3) is 0.364. The van der Waals surface area contributed by atoms with E-state index in [4.69, 9.17) is 16.3 Å². The van der Waals surface area contributed by atoms with Crippen LogP contribution in [0.25, 0.3) is 0 Å². The van der Waals surface area contributed by atoms with E-state index < -0.39 is 0 Å². The molecule has 2 aromatic carbocycles. The number of benzene rings is 2. The number of carbonyl (C=O) groups is 1. The van der Waals surface area contributed by atoms with E-state index in [2.05, 4.69) is 17.5 Å². The van der Waals surface area contributed by atoms with Crippen molar-refractivity contribution in [3.05, 3.63) is 64.7 Å². The van der Waals surface area contributed by atoms with Crippen LogP contribution in [0, 0.1) is 0 Å². The van der Waals surface area contributed by atoms with E-state index >= 15 is 0 Å². The standard InChI is InChI=1S/C22H27ClN2O2/c1-2-3-4-5-6-11-22(26)25-24-16-18-12-14-20(15-13-18)27-17-19-9-7-8-10-21(19)23/h7-10,12-16H,2-6,11,17H2,1H3,(H,25,26). The fourth-order valence-corrected chi connectivity index (χ4v) is 2.74. The molecule has 0 saturated carbocycles. The third kappa shape index (κ3) is 8.27. The van der Waals surface area contributed by atoms with E-state index in [1.807, 2.05) is 48.5 Å². The van der Waals surface area contributed by atoms with Gasteiger partial charge in [0.25, 0.3) is 0 Å². The first kappa shape index (κ1) is 21.0. The molecule has 27 heavy (non-hydrogen) atoms. The van der Waals surface area contributed by atoms with Crippen LogP contribution in [0.5, 0.6) is 5.75 Å². The molecule has 2 aromatic rings. The number of halogens is 1. The first-order valence-electron chi connectivity index (χ1n) is 9.47. The van der Waals surface area contributed by atoms with Gasteiger partial charge in [-0.2, -0.15) is 5.10 Å². The lowest BCUT2D eigenvalue weighted by atomic mass is 10.1. The van der Waals surface area contributed by atoms with Crippen molar-refractivity contribution >= 4 is 23.7 Å². The van der Waals surface area contributed by atoms with Gasteiger partial charge in [-0.25, -0.2) is 5.43 Å². The summed E-state index contributed by atoms with van der Waals surface area (Å²) in [6.45, 7) is 2.60. The molecule has 0 bridgehead atoms. The number of unbranched alkanes of at least 4 members (excludes halogenated alkanes) is 4. The molecule has 0 unspecified atom stereocenters. The van der Waals surface area contributed by atoms with Crippen molar-refractivity contribution in [3.63, 3.8) is 0 Å². The Morgan fingerprint density at radius 1 is 1.07 bits per heavy atom. The van der Waals surface area contributed by atoms with Crippen molar-refractivity contribution in [2.75, 3.05) is 0 Å². The minimum absolute atomic E-state index is 0.0394. The lowest BCUT2D eigenvalue weighted by Crippen LogP contribution is -2.16. The van der Waals surface area contributed by atoms with Crippen molar-refractivity contribution in [3.8, 4) is 5.75 Å². The number of hydrogen-bond acceptors (Lipinski definition) is 3. The average Bonchev–Trinajstić information content (AvgIpc) is 2.68. The minimum atomic E-state index is -0.0394. The second kappa shape index (κ2) is 12.1. The van der Waals surface area contributed by atoms with Crippen LogP contribution in [0.15, 0.2) is 53.6 Å². The molecule has 0 heterocycles. The lowest BCUT2D eigenvalue weighted by molar-refractivity contribution is -0.121. The van der Waals surface area contributed by atoms with Crippen LogP contribution in [0.1, 0.15) is 56.6 Å². The van der Waals surface area contributed by atoms with Crippen molar-refractivity contribution < 1.29 is 9.53 Å². The van der Waals surface area contributed by atoms with Crippen molar-refractivity contribution in [1.29, 1.82) is 0 Å². The molecule has 0 aliphatic rings. The summed E-state index contributed by atoms with van der Waals surface area (Å²) in [5.74, 6) is 0.714. The third-order valence-corrected chi connectivity index (χ3v) is 4.51. The van der Waals surface area contributed by atoms with Crippen LogP contribution >= 0.6 is 11.6 Å². The number of rotatable bonds is 11. The highest BCUT2D eigenvalue weighted by molar-refractivity contribution is 6.31. The van der Waals surface area contributed by atoms with Gasteiger partial charge in [-0.3, -0.25) is 4.79 Å². The van der Waals surface area contributed by atoms with Gasteiger partial charge < -0.3 is 4.74 Å². The Morgan fingerprint density at radius 2 is 1.81 bits per heavy atom. The smallest absolute Gasteiger partial charge is 0.240 e. The molecule has 144 valence electrons. The molecule has 5 heteroatoms. The van der Waals surface area contributed by atoms with Gasteiger partial charge in [0.05, 0.1) is 6.21 Å². The summed E-state index contributed by atoms with van der Waals surface area (Å²) in [5, 5.41) is 4.71. The van der Waals surface area contributed by atoms with E-state index in [1.165, 1.54) is 19.3 Å². The maximum absolute atomic E-state index is 11.7. The van der Waals surface area contributed by atoms with Crippen LogP contribution in [0.2, 0.25) is 5.02 Å². The van der Waals surface area contributed by atoms with Crippen LogP contribution in [0.3, 0.4) is 0 Å². The van der Waals surface area contributed by atoms with Gasteiger partial charge in [0.2, 0.25) is 5.91 Å². The quantitative estimate of drug-likeness (QED) is 0.304. The molecular weight excluding hydrogens is 360 g/mol. The average molecular weight is 387 g/mol. The summed E-state index contributed by atoms with van der Waals surface area (Å²) in [6, 6.07) is 15.1. The molecule has 4 nitrogen and oxygen atoms in total. The van der Waals surface area contributed by atoms with Crippen molar-refractivity contribution in [1.82, 2.24) is 5.43 Å². The second-order valence-electron chi connectivity index (χ2n) is 6.41. The molecule has 1 N–H and O–H groups in total. The highest BCUT2D eigenvalue weighted by Gasteiger charge is 2.01. The van der Waals surface area contributed by atoms with E-state index in [9.17, 15) is 4.79 Å². The fourth-order valence-electron chi connectivity index (χ4n) is 2.55. The summed E-state index contributed by atoms with van der Waals surface area (Å²) < 4.78 is 5.74. The van der Waals surface area contributed by atoms with Gasteiger partial charge in [-0.1, -0.05) is 62.4 Å². The molecule has 0 aliphatic heterocycles. The number of nitrogens with one attached hydrogen (secondary N) is 1. The largest absolute Gasteiger partial charge is 0.489 e. The molecule has 0 fully saturated rings. The predicted molar refractivity (Wildman–Crippen MR) is 111 cm³/mol. The van der Waals surface area contributed by atoms with Crippen LogP contribution < -0.4 is 10.2 Å². The Hall–Kier alpha value is -2.33. The zero-order valence-electron chi connectivity index (χ0n) is 15.8. The monoisotopic (exact) mass is 386 g/mol. The first-order chi connectivity index (χ1) is 13.2. The summed E-state index contributed by atoms with van der Waals surface area (Å²) in [5.41, 5.74) is 4.41. The van der Waals surface area contributed by atoms with Crippen LogP contribution in [0.4, 0.5) is 0 Å². The molecule has 0 atom stereocenters. The predicted octanol–water partition coefficient (Wildman–Crippen LogP) is 5.73. The first-order valence-corrected chi connectivity index (χ1v) is 9.85. The summed E-state index contributed by atoms with van der Waals surface area (Å²) in [4.78, 5) is 11.7. The number of carbonyl (C=O) groups excluding carboxylic acids is 1. The normalized spacial score (nSPS) is 10.9. The Morgan fingerprint density at radius 3 is 2.56 bits per heavy atom. The molecular formula is C22H27ClN2O2. The molecule has 0 spiro atoms. The lowest BCUT2D eigenvalue weighted by Gasteiger charge is -2.07. The van der Waals surface area contributed by atoms with Gasteiger partial charge in [-0.05, 0) is 42.3 Å². The molecule has 1 amide bonds. The van der Waals surface area contributed by atoms with Crippen LogP contribution in [-0.2, 0) is 11.4 Å². The van der Waals surface area contributed by atoms with Gasteiger partial charge in [0.15, 0.2) is 0 Å². The maximum Gasteiger partial charge on any atom is 0.240 e. The van der Waals surface area contributed by atoms with Crippen molar-refractivity contribution in [2.24, 2.45) is 5.10 Å². The summed E-state index contributed by atoms with van der Waals surface area (Å²) in [7, 11) is 0. The van der Waals surface area contributed by atoms with Gasteiger partial charge in [0.1, 0.15) is 12.4 Å². The minimum Gasteiger partial charge on any atom is -0.489 e. The van der Waals surface area contributed by atoms with Gasteiger partial charge >= 0.3 is 0 Å². The Balaban J connectivity index is 1.71. The Kier molecular flexibility index (Phi) is 9.42. The van der Waals surface area contributed by atoms with E-state index in [0.29, 0.717) is 18.1 Å². The van der Waals surface area contributed by atoms with E-state index in [-0.39, 0.29) is 5.91 Å². The Labute approximate surface area is 166 Å². The third-order valence-electron chi connectivity index (χ3n) is 4.14. The SMILES string of the molecule is CCCCCCCC(=O)NN=Cc1ccc(OCc2ccccc2Cl)cc1. The number of nitrogens with zero attached hydrogens (tertiary/aromatic N) is 1. The molecule has 0 radical (unpaired) electrons. The number of hydrazone groups is 1. The summed E-state index contributed by atoms with van der Waals surface area (Å²) in [6.07, 6.45) is 7.80. The molecule has 0 aromatic heterocycles. The van der Waals surface area contributed by atoms with Crippen LogP contribution in [-0.4, -0.2) is 12.1 Å². The van der Waals surface area contributed by atoms with E-state index in [0.717, 1.165) is 29.7 Å². The maximum atomic E-state index is 11.7. The number of amides is 1. The zero-order chi connectivity index (χ0) is 19.3. The molecule has 0 aliphatic carbocycles. The second-order valence-corrected chi connectivity index (χ2v) is 6.81. The number of ether oxygens (including phenoxy) is 1. The van der Waals surface area contributed by atoms with E-state index in [1.54, 1.807) is 6.21 Å². The number of hydrogen-bond donors (Lipinski definition) is 1. The van der Waals surface area contributed by atoms with Gasteiger partial charge in [0, 0.05) is 17.0 Å². The van der Waals surface area contributed by atoms with Gasteiger partial charge in [-0.15, -0.1) is 0 Å². The summed E-state index contributed by atoms with van der Waals surface area (Å²) >= 11 is 6.12. The topological polar surface area (TPSA) is 50.7 Å². The molecule has 0 saturated heterocycles. The zero-order valence-corrected chi connectivity index (χ0v) is 16.5. The molecule has 2 rings (SSSR count).